The maximum Gasteiger partial charge on any atom is 0.241 e. The second-order valence-corrected chi connectivity index (χ2v) is 3.38. The largest absolute Gasteiger partial charge is 0.303 e. The molecule has 1 saturated heterocycles. The maximum atomic E-state index is 12.3. The summed E-state index contributed by atoms with van der Waals surface area (Å²) in [6.07, 6.45) is -1.09. The second kappa shape index (κ2) is 4.75. The first-order valence-electron chi connectivity index (χ1n) is 5.10. The highest BCUT2D eigenvalue weighted by molar-refractivity contribution is 4.73. The molecule has 1 fully saturated rings. The van der Waals surface area contributed by atoms with E-state index in [1.54, 1.807) is 0 Å². The Balaban J connectivity index is 2.22. The highest BCUT2D eigenvalue weighted by Crippen LogP contribution is 2.23. The summed E-state index contributed by atoms with van der Waals surface area (Å²) in [6, 6.07) is 0. The Kier molecular flexibility index (Phi) is 3.33. The molecule has 1 atom stereocenters. The van der Waals surface area contributed by atoms with E-state index in [2.05, 4.69) is 4.90 Å². The zero-order chi connectivity index (χ0) is 9.84. The number of piperidine rings is 1. The molecule has 1 rings (SSSR count). The Morgan fingerprint density at radius 1 is 1.50 bits per heavy atom. The third-order valence-electron chi connectivity index (χ3n) is 2.43. The van der Waals surface area contributed by atoms with Crippen molar-refractivity contribution in [3.05, 3.63) is 0 Å². The van der Waals surface area contributed by atoms with Gasteiger partial charge in [-0.1, -0.05) is 6.92 Å². The van der Waals surface area contributed by atoms with Crippen LogP contribution in [0.25, 0.3) is 0 Å². The van der Waals surface area contributed by atoms with Crippen LogP contribution in [0.15, 0.2) is 0 Å². The van der Waals surface area contributed by atoms with Crippen LogP contribution in [0, 0.1) is 5.92 Å². The average Bonchev–Trinajstić information content (AvgIpc) is 2.04. The monoisotopic (exact) mass is 178 g/mol. The van der Waals surface area contributed by atoms with Gasteiger partial charge in [0.15, 0.2) is 0 Å². The van der Waals surface area contributed by atoms with Crippen LogP contribution < -0.4 is 0 Å². The van der Waals surface area contributed by atoms with Gasteiger partial charge in [0, 0.05) is 7.29 Å². The molecule has 0 radical (unpaired) electrons. The number of alkyl halides is 2. The second-order valence-electron chi connectivity index (χ2n) is 3.38. The minimum atomic E-state index is -2.16. The van der Waals surface area contributed by atoms with Gasteiger partial charge in [-0.3, -0.25) is 0 Å². The van der Waals surface area contributed by atoms with Crippen LogP contribution in [0.2, 0.25) is 0 Å². The maximum absolute atomic E-state index is 12.3. The van der Waals surface area contributed by atoms with Crippen molar-refractivity contribution in [1.29, 1.82) is 0 Å². The van der Waals surface area contributed by atoms with Crippen LogP contribution in [-0.2, 0) is 0 Å². The summed E-state index contributed by atoms with van der Waals surface area (Å²) in [5, 5.41) is 0. The molecule has 0 aromatic carbocycles. The average molecular weight is 178 g/mol. The summed E-state index contributed by atoms with van der Waals surface area (Å²) < 4.78 is 31.9. The topological polar surface area (TPSA) is 3.24 Å². The Labute approximate surface area is 74.1 Å². The summed E-state index contributed by atoms with van der Waals surface area (Å²) in [5.41, 5.74) is 0. The molecule has 0 aromatic rings. The normalized spacial score (nSPS) is 25.8. The first-order valence-corrected chi connectivity index (χ1v) is 4.52. The molecule has 0 spiro atoms. The molecule has 12 heavy (non-hydrogen) atoms. The number of nitrogens with zero attached hydrogens (tertiary/aromatic N) is 1. The van der Waals surface area contributed by atoms with E-state index in [1.165, 1.54) is 0 Å². The van der Waals surface area contributed by atoms with Gasteiger partial charge in [-0.2, -0.15) is 0 Å². The van der Waals surface area contributed by atoms with E-state index in [-0.39, 0.29) is 6.40 Å². The smallest absolute Gasteiger partial charge is 0.241 e. The van der Waals surface area contributed by atoms with Gasteiger partial charge in [0.25, 0.3) is 0 Å². The number of halogens is 2. The molecule has 0 saturated carbocycles. The van der Waals surface area contributed by atoms with E-state index in [4.69, 9.17) is 1.37 Å². The fraction of sp³-hybridized carbons (Fsp3) is 1.00. The quantitative estimate of drug-likeness (QED) is 0.641. The zero-order valence-corrected chi connectivity index (χ0v) is 7.47. The molecular weight excluding hydrogens is 160 g/mol. The summed E-state index contributed by atoms with van der Waals surface area (Å²) >= 11 is 0. The third kappa shape index (κ3) is 2.70. The first kappa shape index (κ1) is 8.42. The van der Waals surface area contributed by atoms with Crippen molar-refractivity contribution in [2.75, 3.05) is 19.6 Å². The number of likely N-dealkylation sites (tertiary alicyclic amines) is 1. The van der Waals surface area contributed by atoms with Crippen LogP contribution in [-0.4, -0.2) is 31.0 Å². The molecule has 0 unspecified atom stereocenters. The molecule has 0 bridgehead atoms. The predicted octanol–water partition coefficient (Wildman–Crippen LogP) is 2.37. The zero-order valence-electron chi connectivity index (χ0n) is 8.47. The summed E-state index contributed by atoms with van der Waals surface area (Å²) in [4.78, 5) is 2.11. The van der Waals surface area contributed by atoms with E-state index in [0.717, 1.165) is 19.6 Å². The van der Waals surface area contributed by atoms with Crippen molar-refractivity contribution in [3.63, 3.8) is 0 Å². The van der Waals surface area contributed by atoms with Gasteiger partial charge in [-0.15, -0.1) is 0 Å². The van der Waals surface area contributed by atoms with E-state index < -0.39 is 12.3 Å². The number of rotatable bonds is 3. The first-order chi connectivity index (χ1) is 6.09. The van der Waals surface area contributed by atoms with Crippen molar-refractivity contribution >= 4 is 0 Å². The van der Waals surface area contributed by atoms with Crippen molar-refractivity contribution in [3.8, 4) is 0 Å². The van der Waals surface area contributed by atoms with Crippen molar-refractivity contribution in [1.82, 2.24) is 4.90 Å². The highest BCUT2D eigenvalue weighted by atomic mass is 19.3. The van der Waals surface area contributed by atoms with Gasteiger partial charge >= 0.3 is 0 Å². The molecule has 1 aliphatic heterocycles. The van der Waals surface area contributed by atoms with Crippen molar-refractivity contribution < 1.29 is 10.2 Å². The van der Waals surface area contributed by atoms with Gasteiger partial charge in [0.2, 0.25) is 6.43 Å². The Bertz CT molecular complexity index is 145. The lowest BCUT2D eigenvalue weighted by molar-refractivity contribution is 0.0353. The lowest BCUT2D eigenvalue weighted by Gasteiger charge is -2.31. The van der Waals surface area contributed by atoms with Crippen molar-refractivity contribution in [2.24, 2.45) is 5.92 Å². The lowest BCUT2D eigenvalue weighted by Crippen LogP contribution is -2.36. The number of hydrogen-bond donors (Lipinski definition) is 0. The molecule has 0 amide bonds. The van der Waals surface area contributed by atoms with Gasteiger partial charge < -0.3 is 4.90 Å². The lowest BCUT2D eigenvalue weighted by atomic mass is 9.97. The molecule has 0 aromatic heterocycles. The third-order valence-corrected chi connectivity index (χ3v) is 2.43. The van der Waals surface area contributed by atoms with E-state index in [0.29, 0.717) is 12.8 Å². The number of hydrogen-bond acceptors (Lipinski definition) is 1. The van der Waals surface area contributed by atoms with Gasteiger partial charge in [-0.05, 0) is 38.9 Å². The van der Waals surface area contributed by atoms with Gasteiger partial charge in [-0.25, -0.2) is 8.78 Å². The molecule has 0 N–H and O–H groups in total. The fourth-order valence-electron chi connectivity index (χ4n) is 1.65. The van der Waals surface area contributed by atoms with Crippen LogP contribution in [0.5, 0.6) is 0 Å². The SMILES string of the molecule is [2H][C@@H](C)CN1CCC(C(F)F)CC1. The minimum Gasteiger partial charge on any atom is -0.303 e. The minimum absolute atomic E-state index is 0.108. The molecule has 1 nitrogen and oxygen atoms in total. The molecule has 72 valence electrons. The summed E-state index contributed by atoms with van der Waals surface area (Å²) in [7, 11) is 0. The van der Waals surface area contributed by atoms with Crippen LogP contribution >= 0.6 is 0 Å². The molecule has 1 heterocycles. The predicted molar refractivity (Wildman–Crippen MR) is 45.5 cm³/mol. The molecule has 3 heteroatoms. The Hall–Kier alpha value is -0.180. The molecule has 1 aliphatic rings. The van der Waals surface area contributed by atoms with E-state index >= 15 is 0 Å². The fourth-order valence-corrected chi connectivity index (χ4v) is 1.65. The summed E-state index contributed by atoms with van der Waals surface area (Å²) in [5.74, 6) is -0.405. The van der Waals surface area contributed by atoms with E-state index in [9.17, 15) is 8.78 Å². The molecule has 0 aliphatic carbocycles. The van der Waals surface area contributed by atoms with Crippen LogP contribution in [0.4, 0.5) is 8.78 Å². The Morgan fingerprint density at radius 2 is 2.08 bits per heavy atom. The van der Waals surface area contributed by atoms with E-state index in [1.807, 2.05) is 6.92 Å². The Morgan fingerprint density at radius 3 is 2.50 bits per heavy atom. The standard InChI is InChI=1S/C9H17F2N/c1-2-5-12-6-3-8(4-7-12)9(10)11/h8-9H,2-7H2,1H3/i2D/t2-/m0/s1. The van der Waals surface area contributed by atoms with Gasteiger partial charge in [0.05, 0.1) is 0 Å². The summed E-state index contributed by atoms with van der Waals surface area (Å²) in [6.45, 7) is 4.02. The highest BCUT2D eigenvalue weighted by Gasteiger charge is 2.25. The van der Waals surface area contributed by atoms with Gasteiger partial charge in [0.1, 0.15) is 0 Å². The van der Waals surface area contributed by atoms with Crippen molar-refractivity contribution in [2.45, 2.75) is 32.6 Å². The molecular formula is C9H17F2N. The van der Waals surface area contributed by atoms with Crippen LogP contribution in [0.3, 0.4) is 0 Å². The van der Waals surface area contributed by atoms with Crippen LogP contribution in [0.1, 0.15) is 27.5 Å².